The molecule has 2 rings (SSSR count). The average Bonchev–Trinajstić information content (AvgIpc) is 2.49. The highest BCUT2D eigenvalue weighted by atomic mass is 19.1. The number of hydrogen-bond donors (Lipinski definition) is 1. The molecule has 1 aromatic carbocycles. The van der Waals surface area contributed by atoms with E-state index in [2.05, 4.69) is 4.90 Å². The van der Waals surface area contributed by atoms with Crippen molar-refractivity contribution < 1.29 is 14.3 Å². The van der Waals surface area contributed by atoms with E-state index < -0.39 is 5.82 Å². The lowest BCUT2D eigenvalue weighted by Crippen LogP contribution is -2.43. The van der Waals surface area contributed by atoms with Crippen LogP contribution in [0.15, 0.2) is 18.2 Å². The van der Waals surface area contributed by atoms with E-state index in [1.807, 2.05) is 6.92 Å². The Balaban J connectivity index is 1.97. The van der Waals surface area contributed by atoms with Gasteiger partial charge in [-0.05, 0) is 51.1 Å². The maximum Gasteiger partial charge on any atom is 0.210 e. The summed E-state index contributed by atoms with van der Waals surface area (Å²) in [7, 11) is 0. The second-order valence-electron chi connectivity index (χ2n) is 5.76. The maximum absolute atomic E-state index is 13.2. The Morgan fingerprint density at radius 3 is 2.76 bits per heavy atom. The summed E-state index contributed by atoms with van der Waals surface area (Å²) in [5, 5.41) is 9.76. The Labute approximate surface area is 125 Å². The molecule has 116 valence electrons. The number of halogens is 1. The summed E-state index contributed by atoms with van der Waals surface area (Å²) in [4.78, 5) is 15.3. The monoisotopic (exact) mass is 294 g/mol. The first-order valence-electron chi connectivity index (χ1n) is 7.51. The van der Waals surface area contributed by atoms with Crippen molar-refractivity contribution in [2.75, 3.05) is 19.6 Å². The molecule has 1 heterocycles. The molecule has 0 aliphatic carbocycles. The summed E-state index contributed by atoms with van der Waals surface area (Å²) in [6.45, 7) is 5.17. The molecule has 1 saturated heterocycles. The van der Waals surface area contributed by atoms with Crippen LogP contribution in [0.25, 0.3) is 0 Å². The molecular formula is C16H23FN2O2. The Morgan fingerprint density at radius 1 is 1.38 bits per heavy atom. The molecule has 1 fully saturated rings. The number of nitrogens with zero attached hydrogens (tertiary/aromatic N) is 2. The van der Waals surface area contributed by atoms with Crippen molar-refractivity contribution in [3.05, 3.63) is 29.6 Å². The summed E-state index contributed by atoms with van der Waals surface area (Å²) in [6, 6.07) is 3.84. The van der Waals surface area contributed by atoms with Gasteiger partial charge in [0.05, 0.1) is 0 Å². The van der Waals surface area contributed by atoms with Crippen molar-refractivity contribution in [1.29, 1.82) is 0 Å². The van der Waals surface area contributed by atoms with Crippen LogP contribution in [-0.4, -0.2) is 47.0 Å². The van der Waals surface area contributed by atoms with Crippen molar-refractivity contribution in [3.8, 4) is 5.75 Å². The zero-order valence-electron chi connectivity index (χ0n) is 12.5. The van der Waals surface area contributed by atoms with Gasteiger partial charge in [0, 0.05) is 24.7 Å². The SMILES string of the molecule is CC(CN1CCCCC1)N(C=O)Cc1cc(F)ccc1O. The third kappa shape index (κ3) is 4.43. The number of piperidine rings is 1. The Kier molecular flexibility index (Phi) is 5.56. The number of amides is 1. The van der Waals surface area contributed by atoms with Gasteiger partial charge in [-0.15, -0.1) is 0 Å². The highest BCUT2D eigenvalue weighted by molar-refractivity contribution is 5.49. The second kappa shape index (κ2) is 7.41. The smallest absolute Gasteiger partial charge is 0.210 e. The van der Waals surface area contributed by atoms with Crippen LogP contribution in [0.3, 0.4) is 0 Å². The Morgan fingerprint density at radius 2 is 2.10 bits per heavy atom. The number of phenols is 1. The number of carbonyl (C=O) groups excluding carboxylic acids is 1. The minimum absolute atomic E-state index is 0.0217. The number of aromatic hydroxyl groups is 1. The summed E-state index contributed by atoms with van der Waals surface area (Å²) < 4.78 is 13.2. The average molecular weight is 294 g/mol. The molecule has 0 spiro atoms. The summed E-state index contributed by atoms with van der Waals surface area (Å²) in [6.07, 6.45) is 4.47. The highest BCUT2D eigenvalue weighted by Gasteiger charge is 2.19. The molecule has 5 heteroatoms. The molecule has 1 amide bonds. The van der Waals surface area contributed by atoms with E-state index in [-0.39, 0.29) is 18.3 Å². The molecule has 0 aromatic heterocycles. The van der Waals surface area contributed by atoms with Crippen LogP contribution in [0.1, 0.15) is 31.7 Å². The second-order valence-corrected chi connectivity index (χ2v) is 5.76. The van der Waals surface area contributed by atoms with Crippen LogP contribution in [0.2, 0.25) is 0 Å². The number of carbonyl (C=O) groups is 1. The molecule has 1 N–H and O–H groups in total. The standard InChI is InChI=1S/C16H23FN2O2/c1-13(10-18-7-3-2-4-8-18)19(12-20)11-14-9-15(17)5-6-16(14)21/h5-6,9,12-13,21H,2-4,7-8,10-11H2,1H3. The lowest BCUT2D eigenvalue weighted by molar-refractivity contribution is -0.121. The lowest BCUT2D eigenvalue weighted by atomic mass is 10.1. The molecule has 0 radical (unpaired) electrons. The minimum Gasteiger partial charge on any atom is -0.508 e. The Hall–Kier alpha value is -1.62. The highest BCUT2D eigenvalue weighted by Crippen LogP contribution is 2.20. The van der Waals surface area contributed by atoms with E-state index in [9.17, 15) is 14.3 Å². The van der Waals surface area contributed by atoms with Gasteiger partial charge in [0.15, 0.2) is 0 Å². The summed E-state index contributed by atoms with van der Waals surface area (Å²) >= 11 is 0. The number of hydrogen-bond acceptors (Lipinski definition) is 3. The van der Waals surface area contributed by atoms with Crippen LogP contribution in [0, 0.1) is 5.82 Å². The molecule has 1 aromatic rings. The summed E-state index contributed by atoms with van der Waals surface area (Å²) in [5.74, 6) is -0.384. The molecule has 0 saturated carbocycles. The van der Waals surface area contributed by atoms with Crippen molar-refractivity contribution >= 4 is 6.41 Å². The molecule has 4 nitrogen and oxygen atoms in total. The van der Waals surface area contributed by atoms with E-state index in [0.717, 1.165) is 26.0 Å². The molecule has 0 bridgehead atoms. The van der Waals surface area contributed by atoms with Gasteiger partial charge in [0.2, 0.25) is 6.41 Å². The largest absolute Gasteiger partial charge is 0.508 e. The first-order valence-corrected chi connectivity index (χ1v) is 7.51. The fourth-order valence-corrected chi connectivity index (χ4v) is 2.79. The van der Waals surface area contributed by atoms with E-state index in [1.54, 1.807) is 4.90 Å². The van der Waals surface area contributed by atoms with Gasteiger partial charge < -0.3 is 14.9 Å². The molecule has 1 unspecified atom stereocenters. The van der Waals surface area contributed by atoms with Crippen LogP contribution in [-0.2, 0) is 11.3 Å². The lowest BCUT2D eigenvalue weighted by Gasteiger charge is -2.33. The number of likely N-dealkylation sites (tertiary alicyclic amines) is 1. The maximum atomic E-state index is 13.2. The predicted molar refractivity (Wildman–Crippen MR) is 79.4 cm³/mol. The van der Waals surface area contributed by atoms with Gasteiger partial charge in [-0.2, -0.15) is 0 Å². The zero-order valence-corrected chi connectivity index (χ0v) is 12.5. The van der Waals surface area contributed by atoms with Gasteiger partial charge in [0.25, 0.3) is 0 Å². The van der Waals surface area contributed by atoms with Gasteiger partial charge in [0.1, 0.15) is 11.6 Å². The number of phenolic OH excluding ortho intramolecular Hbond substituents is 1. The van der Waals surface area contributed by atoms with Gasteiger partial charge in [-0.3, -0.25) is 4.79 Å². The van der Waals surface area contributed by atoms with Crippen molar-refractivity contribution in [3.63, 3.8) is 0 Å². The minimum atomic E-state index is -0.405. The van der Waals surface area contributed by atoms with E-state index in [4.69, 9.17) is 0 Å². The summed E-state index contributed by atoms with van der Waals surface area (Å²) in [5.41, 5.74) is 0.438. The molecule has 1 aliphatic heterocycles. The van der Waals surface area contributed by atoms with Crippen molar-refractivity contribution in [2.45, 2.75) is 38.8 Å². The number of rotatable bonds is 6. The molecule has 1 aliphatic rings. The van der Waals surface area contributed by atoms with E-state index in [0.29, 0.717) is 5.56 Å². The van der Waals surface area contributed by atoms with Gasteiger partial charge in [-0.25, -0.2) is 4.39 Å². The topological polar surface area (TPSA) is 43.8 Å². The quantitative estimate of drug-likeness (QED) is 0.819. The van der Waals surface area contributed by atoms with Gasteiger partial charge in [-0.1, -0.05) is 6.42 Å². The molecular weight excluding hydrogens is 271 g/mol. The fraction of sp³-hybridized carbons (Fsp3) is 0.562. The van der Waals surface area contributed by atoms with Crippen LogP contribution in [0.4, 0.5) is 4.39 Å². The van der Waals surface area contributed by atoms with Gasteiger partial charge >= 0.3 is 0 Å². The van der Waals surface area contributed by atoms with Crippen LogP contribution >= 0.6 is 0 Å². The third-order valence-electron chi connectivity index (χ3n) is 4.07. The zero-order chi connectivity index (χ0) is 15.2. The molecule has 21 heavy (non-hydrogen) atoms. The first kappa shape index (κ1) is 15.8. The van der Waals surface area contributed by atoms with Crippen LogP contribution < -0.4 is 0 Å². The predicted octanol–water partition coefficient (Wildman–Crippen LogP) is 2.36. The first-order chi connectivity index (χ1) is 10.1. The van der Waals surface area contributed by atoms with E-state index >= 15 is 0 Å². The van der Waals surface area contributed by atoms with Crippen molar-refractivity contribution in [1.82, 2.24) is 9.80 Å². The molecule has 1 atom stereocenters. The Bertz CT molecular complexity index is 475. The normalized spacial score (nSPS) is 17.4. The van der Waals surface area contributed by atoms with E-state index in [1.165, 1.54) is 37.5 Å². The third-order valence-corrected chi connectivity index (χ3v) is 4.07. The number of benzene rings is 1. The van der Waals surface area contributed by atoms with Crippen LogP contribution in [0.5, 0.6) is 5.75 Å². The van der Waals surface area contributed by atoms with Crippen molar-refractivity contribution in [2.24, 2.45) is 0 Å². The fourth-order valence-electron chi connectivity index (χ4n) is 2.79.